The molecule has 6 heteroatoms. The van der Waals surface area contributed by atoms with Crippen molar-refractivity contribution in [3.8, 4) is 0 Å². The second-order valence-corrected chi connectivity index (χ2v) is 4.57. The molecule has 0 N–H and O–H groups in total. The quantitative estimate of drug-likeness (QED) is 0.672. The summed E-state index contributed by atoms with van der Waals surface area (Å²) in [7, 11) is 0. The van der Waals surface area contributed by atoms with Crippen molar-refractivity contribution in [2.75, 3.05) is 0 Å². The molecule has 1 aromatic carbocycles. The topological polar surface area (TPSA) is 56.5 Å². The molecule has 0 unspecified atom stereocenters. The monoisotopic (exact) mass is 231 g/mol. The summed E-state index contributed by atoms with van der Waals surface area (Å²) in [4.78, 5) is 4.53. The molecule has 0 aliphatic rings. The average Bonchev–Trinajstić information content (AvgIpc) is 2.85. The normalized spacial score (nSPS) is 11.1. The van der Waals surface area contributed by atoms with E-state index in [-0.39, 0.29) is 0 Å². The van der Waals surface area contributed by atoms with Crippen molar-refractivity contribution in [1.82, 2.24) is 25.2 Å². The van der Waals surface area contributed by atoms with Gasteiger partial charge in [0.25, 0.3) is 0 Å². The maximum absolute atomic E-state index is 4.53. The van der Waals surface area contributed by atoms with Crippen molar-refractivity contribution in [1.29, 1.82) is 0 Å². The Labute approximate surface area is 95.7 Å². The number of tetrazole rings is 1. The Hall–Kier alpha value is -1.82. The third-order valence-electron chi connectivity index (χ3n) is 2.33. The van der Waals surface area contributed by atoms with Crippen molar-refractivity contribution >= 4 is 21.6 Å². The van der Waals surface area contributed by atoms with E-state index in [2.05, 4.69) is 26.6 Å². The van der Waals surface area contributed by atoms with E-state index < -0.39 is 0 Å². The predicted molar refractivity (Wildman–Crippen MR) is 61.3 cm³/mol. The van der Waals surface area contributed by atoms with Crippen molar-refractivity contribution < 1.29 is 0 Å². The van der Waals surface area contributed by atoms with Gasteiger partial charge in [0, 0.05) is 0 Å². The number of rotatable bonds is 2. The molecule has 2 aromatic heterocycles. The Kier molecular flexibility index (Phi) is 2.14. The molecule has 0 saturated heterocycles. The van der Waals surface area contributed by atoms with E-state index in [1.165, 1.54) is 4.70 Å². The number of benzene rings is 1. The smallest absolute Gasteiger partial charge is 0.148 e. The van der Waals surface area contributed by atoms with E-state index in [0.29, 0.717) is 6.54 Å². The Balaban J connectivity index is 1.98. The number of hydrogen-bond donors (Lipinski definition) is 0. The van der Waals surface area contributed by atoms with Crippen molar-refractivity contribution in [3.63, 3.8) is 0 Å². The van der Waals surface area contributed by atoms with Crippen molar-refractivity contribution in [2.45, 2.75) is 13.5 Å². The fourth-order valence-electron chi connectivity index (χ4n) is 1.51. The lowest BCUT2D eigenvalue weighted by Gasteiger charge is -1.95. The Bertz CT molecular complexity index is 594. The van der Waals surface area contributed by atoms with Crippen LogP contribution in [0.1, 0.15) is 10.8 Å². The molecule has 0 fully saturated rings. The van der Waals surface area contributed by atoms with Crippen LogP contribution in [0.15, 0.2) is 24.3 Å². The first-order valence-electron chi connectivity index (χ1n) is 4.90. The molecule has 0 aliphatic carbocycles. The van der Waals surface area contributed by atoms with E-state index in [1.807, 2.05) is 25.1 Å². The SMILES string of the molecule is Cc1nnnn1Cc1nc2ccccc2s1. The molecule has 0 bridgehead atoms. The van der Waals surface area contributed by atoms with E-state index in [9.17, 15) is 0 Å². The van der Waals surface area contributed by atoms with Gasteiger partial charge in [0.1, 0.15) is 10.8 Å². The summed E-state index contributed by atoms with van der Waals surface area (Å²) in [6.07, 6.45) is 0. The molecular weight excluding hydrogens is 222 g/mol. The molecule has 0 amide bonds. The van der Waals surface area contributed by atoms with Gasteiger partial charge in [0.05, 0.1) is 16.8 Å². The number of thiazole rings is 1. The van der Waals surface area contributed by atoms with E-state index in [0.717, 1.165) is 16.3 Å². The molecule has 2 heterocycles. The minimum atomic E-state index is 0.637. The summed E-state index contributed by atoms with van der Waals surface area (Å²) in [5, 5.41) is 12.4. The van der Waals surface area contributed by atoms with Gasteiger partial charge in [0.15, 0.2) is 0 Å². The van der Waals surface area contributed by atoms with Crippen molar-refractivity contribution in [2.24, 2.45) is 0 Å². The molecule has 80 valence electrons. The van der Waals surface area contributed by atoms with Gasteiger partial charge >= 0.3 is 0 Å². The fourth-order valence-corrected chi connectivity index (χ4v) is 2.46. The van der Waals surface area contributed by atoms with E-state index >= 15 is 0 Å². The van der Waals surface area contributed by atoms with E-state index in [4.69, 9.17) is 0 Å². The molecule has 0 spiro atoms. The molecule has 16 heavy (non-hydrogen) atoms. The van der Waals surface area contributed by atoms with Gasteiger partial charge in [-0.1, -0.05) is 12.1 Å². The van der Waals surface area contributed by atoms with Gasteiger partial charge in [-0.3, -0.25) is 0 Å². The summed E-state index contributed by atoms with van der Waals surface area (Å²) in [6.45, 7) is 2.52. The zero-order valence-electron chi connectivity index (χ0n) is 8.66. The number of aryl methyl sites for hydroxylation is 1. The second-order valence-electron chi connectivity index (χ2n) is 3.46. The van der Waals surface area contributed by atoms with E-state index in [1.54, 1.807) is 16.0 Å². The van der Waals surface area contributed by atoms with Crippen LogP contribution >= 0.6 is 11.3 Å². The highest BCUT2D eigenvalue weighted by atomic mass is 32.1. The first-order chi connectivity index (χ1) is 7.83. The number of aromatic nitrogens is 5. The van der Waals surface area contributed by atoms with Gasteiger partial charge in [-0.05, 0) is 29.5 Å². The van der Waals surface area contributed by atoms with Crippen LogP contribution in [0.4, 0.5) is 0 Å². The maximum atomic E-state index is 4.53. The van der Waals surface area contributed by atoms with Gasteiger partial charge in [-0.25, -0.2) is 9.67 Å². The number of para-hydroxylation sites is 1. The molecule has 3 rings (SSSR count). The molecule has 0 aliphatic heterocycles. The minimum absolute atomic E-state index is 0.637. The lowest BCUT2D eigenvalue weighted by molar-refractivity contribution is 0.631. The molecule has 0 radical (unpaired) electrons. The Morgan fingerprint density at radius 3 is 2.94 bits per heavy atom. The Morgan fingerprint density at radius 1 is 1.31 bits per heavy atom. The largest absolute Gasteiger partial charge is 0.239 e. The Morgan fingerprint density at radius 2 is 2.19 bits per heavy atom. The fraction of sp³-hybridized carbons (Fsp3) is 0.200. The van der Waals surface area contributed by atoms with Crippen LogP contribution in [0.25, 0.3) is 10.2 Å². The van der Waals surface area contributed by atoms with Crippen LogP contribution in [-0.2, 0) is 6.54 Å². The highest BCUT2D eigenvalue weighted by Gasteiger charge is 2.06. The number of hydrogen-bond acceptors (Lipinski definition) is 5. The summed E-state index contributed by atoms with van der Waals surface area (Å²) >= 11 is 1.68. The first kappa shape index (κ1) is 9.41. The standard InChI is InChI=1S/C10H9N5S/c1-7-12-13-14-15(7)6-10-11-8-4-2-3-5-9(8)16-10/h2-5H,6H2,1H3. The van der Waals surface area contributed by atoms with Gasteiger partial charge in [-0.2, -0.15) is 0 Å². The van der Waals surface area contributed by atoms with Crippen molar-refractivity contribution in [3.05, 3.63) is 35.1 Å². The zero-order chi connectivity index (χ0) is 11.0. The highest BCUT2D eigenvalue weighted by Crippen LogP contribution is 2.21. The molecule has 5 nitrogen and oxygen atoms in total. The first-order valence-corrected chi connectivity index (χ1v) is 5.72. The van der Waals surface area contributed by atoms with Gasteiger partial charge in [-0.15, -0.1) is 16.4 Å². The maximum Gasteiger partial charge on any atom is 0.148 e. The molecular formula is C10H9N5S. The zero-order valence-corrected chi connectivity index (χ0v) is 9.48. The third-order valence-corrected chi connectivity index (χ3v) is 3.36. The van der Waals surface area contributed by atoms with Gasteiger partial charge < -0.3 is 0 Å². The predicted octanol–water partition coefficient (Wildman–Crippen LogP) is 1.64. The summed E-state index contributed by atoms with van der Waals surface area (Å²) in [5.41, 5.74) is 1.04. The van der Waals surface area contributed by atoms with Crippen LogP contribution in [0.3, 0.4) is 0 Å². The van der Waals surface area contributed by atoms with Gasteiger partial charge in [0.2, 0.25) is 0 Å². The second kappa shape index (κ2) is 3.64. The lowest BCUT2D eigenvalue weighted by atomic mass is 10.3. The van der Waals surface area contributed by atoms with Crippen LogP contribution in [0.2, 0.25) is 0 Å². The van der Waals surface area contributed by atoms with Crippen LogP contribution in [0.5, 0.6) is 0 Å². The van der Waals surface area contributed by atoms with Crippen LogP contribution in [-0.4, -0.2) is 25.2 Å². The molecule has 0 atom stereocenters. The third kappa shape index (κ3) is 1.57. The number of nitrogens with zero attached hydrogens (tertiary/aromatic N) is 5. The average molecular weight is 231 g/mol. The summed E-state index contributed by atoms with van der Waals surface area (Å²) < 4.78 is 2.95. The summed E-state index contributed by atoms with van der Waals surface area (Å²) in [6, 6.07) is 8.10. The molecule has 3 aromatic rings. The molecule has 0 saturated carbocycles. The van der Waals surface area contributed by atoms with Crippen LogP contribution < -0.4 is 0 Å². The number of fused-ring (bicyclic) bond motifs is 1. The minimum Gasteiger partial charge on any atom is -0.239 e. The van der Waals surface area contributed by atoms with Crippen LogP contribution in [0, 0.1) is 6.92 Å². The highest BCUT2D eigenvalue weighted by molar-refractivity contribution is 7.18. The lowest BCUT2D eigenvalue weighted by Crippen LogP contribution is -2.03. The summed E-state index contributed by atoms with van der Waals surface area (Å²) in [5.74, 6) is 0.805.